The number of amides is 1. The molecule has 0 bridgehead atoms. The molecule has 0 aliphatic carbocycles. The van der Waals surface area contributed by atoms with Crippen LogP contribution in [0.4, 0.5) is 8.78 Å². The Morgan fingerprint density at radius 1 is 1.11 bits per heavy atom. The van der Waals surface area contributed by atoms with Crippen molar-refractivity contribution in [1.82, 2.24) is 15.6 Å². The molecule has 0 radical (unpaired) electrons. The van der Waals surface area contributed by atoms with E-state index in [0.29, 0.717) is 5.69 Å². The van der Waals surface area contributed by atoms with Gasteiger partial charge in [0, 0.05) is 24.5 Å². The molecule has 4 rings (SSSR count). The number of aliphatic hydroxyl groups excluding tert-OH is 1. The highest BCUT2D eigenvalue weighted by Crippen LogP contribution is 2.50. The highest BCUT2D eigenvalue weighted by atomic mass is 32.3. The molecule has 2 aromatic carbocycles. The number of fused-ring (bicyclic) bond motifs is 1. The third-order valence-corrected chi connectivity index (χ3v) is 8.28. The molecule has 1 amide bonds. The molecule has 3 aromatic rings. The Labute approximate surface area is 222 Å². The van der Waals surface area contributed by atoms with Gasteiger partial charge in [0.15, 0.2) is 0 Å². The highest BCUT2D eigenvalue weighted by molar-refractivity contribution is 8.23. The van der Waals surface area contributed by atoms with Crippen LogP contribution in [0, 0.1) is 11.6 Å². The maximum Gasteiger partial charge on any atom is 0.226 e. The fourth-order valence-electron chi connectivity index (χ4n) is 4.75. The van der Waals surface area contributed by atoms with E-state index in [2.05, 4.69) is 15.6 Å². The molecule has 2 heterocycles. The van der Waals surface area contributed by atoms with Crippen LogP contribution in [0.2, 0.25) is 0 Å². The van der Waals surface area contributed by atoms with E-state index in [4.69, 9.17) is 0 Å². The third kappa shape index (κ3) is 7.58. The van der Waals surface area contributed by atoms with Crippen LogP contribution in [0.3, 0.4) is 0 Å². The molecular weight excluding hydrogens is 512 g/mol. The standard InChI is InChI=1S/C28H33F2N3O4S/c1-2-18-6-7-20-16-38(36,37)17-26(24(20)11-18)32-15-27(34)25(12-19-9-21(29)13-22(30)10-19)33-28(35)14-23-5-3-4-8-31-23/h3-11,13,25-27,32,34,36-37H,2,12,14-17H2,1H3,(H,33,35)/t25-,26-,27+/m0/s1. The molecule has 1 aliphatic heterocycles. The maximum absolute atomic E-state index is 13.8. The second kappa shape index (κ2) is 12.3. The zero-order valence-electron chi connectivity index (χ0n) is 21.1. The van der Waals surface area contributed by atoms with Gasteiger partial charge in [-0.25, -0.2) is 8.78 Å². The lowest BCUT2D eigenvalue weighted by molar-refractivity contribution is -0.122. The van der Waals surface area contributed by atoms with Crippen molar-refractivity contribution in [2.75, 3.05) is 12.3 Å². The van der Waals surface area contributed by atoms with E-state index in [1.54, 1.807) is 24.4 Å². The molecule has 5 N–H and O–H groups in total. The summed E-state index contributed by atoms with van der Waals surface area (Å²) < 4.78 is 48.7. The first-order valence-electron chi connectivity index (χ1n) is 12.5. The minimum Gasteiger partial charge on any atom is -0.390 e. The summed E-state index contributed by atoms with van der Waals surface area (Å²) in [5, 5.41) is 17.2. The van der Waals surface area contributed by atoms with Gasteiger partial charge in [0.25, 0.3) is 0 Å². The van der Waals surface area contributed by atoms with E-state index in [-0.39, 0.29) is 36.5 Å². The number of benzene rings is 2. The van der Waals surface area contributed by atoms with E-state index < -0.39 is 46.3 Å². The van der Waals surface area contributed by atoms with Crippen molar-refractivity contribution in [3.8, 4) is 0 Å². The number of carbonyl (C=O) groups is 1. The van der Waals surface area contributed by atoms with Gasteiger partial charge in [-0.1, -0.05) is 31.2 Å². The van der Waals surface area contributed by atoms with Crippen molar-refractivity contribution >= 4 is 16.5 Å². The molecule has 3 atom stereocenters. The number of carbonyl (C=O) groups excluding carboxylic acids is 1. The van der Waals surface area contributed by atoms with Crippen LogP contribution in [-0.2, 0) is 29.8 Å². The summed E-state index contributed by atoms with van der Waals surface area (Å²) in [6.07, 6.45) is 1.22. The Kier molecular flexibility index (Phi) is 9.11. The number of halogens is 2. The van der Waals surface area contributed by atoms with Gasteiger partial charge in [-0.15, -0.1) is 0 Å². The zero-order valence-corrected chi connectivity index (χ0v) is 21.9. The number of aliphatic hydroxyl groups is 1. The van der Waals surface area contributed by atoms with Gasteiger partial charge in [0.2, 0.25) is 5.91 Å². The molecule has 204 valence electrons. The quantitative estimate of drug-likeness (QED) is 0.262. The van der Waals surface area contributed by atoms with Crippen molar-refractivity contribution in [2.24, 2.45) is 0 Å². The number of nitrogens with zero attached hydrogens (tertiary/aromatic N) is 1. The molecule has 7 nitrogen and oxygen atoms in total. The molecule has 0 saturated heterocycles. The molecule has 1 aromatic heterocycles. The summed E-state index contributed by atoms with van der Waals surface area (Å²) in [6, 6.07) is 12.9. The van der Waals surface area contributed by atoms with Crippen LogP contribution < -0.4 is 10.6 Å². The minimum absolute atomic E-state index is 0.00229. The number of aryl methyl sites for hydroxylation is 1. The number of hydrogen-bond donors (Lipinski definition) is 5. The van der Waals surface area contributed by atoms with Crippen molar-refractivity contribution in [3.05, 3.63) is 100 Å². The van der Waals surface area contributed by atoms with Crippen molar-refractivity contribution in [1.29, 1.82) is 0 Å². The van der Waals surface area contributed by atoms with Crippen LogP contribution in [0.25, 0.3) is 0 Å². The Balaban J connectivity index is 1.51. The second-order valence-electron chi connectivity index (χ2n) is 9.68. The van der Waals surface area contributed by atoms with E-state index in [9.17, 15) is 27.8 Å². The van der Waals surface area contributed by atoms with E-state index in [0.717, 1.165) is 29.2 Å². The van der Waals surface area contributed by atoms with Gasteiger partial charge in [0.05, 0.1) is 36.1 Å². The van der Waals surface area contributed by atoms with Gasteiger partial charge in [-0.2, -0.15) is 10.6 Å². The fourth-order valence-corrected chi connectivity index (χ4v) is 6.46. The SMILES string of the molecule is CCc1ccc2c(c1)[C@@H](NC[C@@H](O)[C@H](Cc1cc(F)cc(F)c1)NC(=O)Cc1ccccn1)CS(O)(O)C2. The van der Waals surface area contributed by atoms with Crippen LogP contribution in [0.1, 0.15) is 40.9 Å². The molecular formula is C28H33F2N3O4S. The fraction of sp³-hybridized carbons (Fsp3) is 0.357. The Bertz CT molecular complexity index is 1240. The monoisotopic (exact) mass is 545 g/mol. The number of hydrogen-bond acceptors (Lipinski definition) is 6. The van der Waals surface area contributed by atoms with E-state index >= 15 is 0 Å². The Morgan fingerprint density at radius 2 is 1.87 bits per heavy atom. The maximum atomic E-state index is 13.8. The molecule has 1 aliphatic rings. The third-order valence-electron chi connectivity index (χ3n) is 6.64. The Hall–Kier alpha value is -2.89. The number of nitrogens with one attached hydrogen (secondary N) is 2. The van der Waals surface area contributed by atoms with Crippen LogP contribution >= 0.6 is 10.6 Å². The van der Waals surface area contributed by atoms with E-state index in [1.165, 1.54) is 12.1 Å². The molecule has 0 saturated carbocycles. The van der Waals surface area contributed by atoms with Crippen LogP contribution in [-0.4, -0.2) is 49.5 Å². The normalized spacial score (nSPS) is 18.7. The summed E-state index contributed by atoms with van der Waals surface area (Å²) in [5.74, 6) is -1.60. The van der Waals surface area contributed by atoms with Gasteiger partial charge >= 0.3 is 0 Å². The predicted octanol–water partition coefficient (Wildman–Crippen LogP) is 4.15. The smallest absolute Gasteiger partial charge is 0.226 e. The molecule has 38 heavy (non-hydrogen) atoms. The van der Waals surface area contributed by atoms with Crippen molar-refractivity contribution in [2.45, 2.75) is 50.1 Å². The number of rotatable bonds is 10. The lowest BCUT2D eigenvalue weighted by atomic mass is 9.97. The largest absolute Gasteiger partial charge is 0.390 e. The average Bonchev–Trinajstić information content (AvgIpc) is 2.86. The van der Waals surface area contributed by atoms with Gasteiger partial charge in [0.1, 0.15) is 11.6 Å². The number of pyridine rings is 1. The first-order valence-corrected chi connectivity index (χ1v) is 14.4. The molecule has 0 unspecified atom stereocenters. The molecule has 0 fully saturated rings. The average molecular weight is 546 g/mol. The van der Waals surface area contributed by atoms with E-state index in [1.807, 2.05) is 25.1 Å². The lowest BCUT2D eigenvalue weighted by Crippen LogP contribution is -2.50. The minimum atomic E-state index is -2.85. The van der Waals surface area contributed by atoms with Crippen LogP contribution in [0.5, 0.6) is 0 Å². The highest BCUT2D eigenvalue weighted by Gasteiger charge is 2.31. The molecule has 10 heteroatoms. The van der Waals surface area contributed by atoms with Gasteiger partial charge in [-0.3, -0.25) is 18.9 Å². The van der Waals surface area contributed by atoms with Crippen molar-refractivity contribution < 1.29 is 27.8 Å². The summed E-state index contributed by atoms with van der Waals surface area (Å²) in [7, 11) is -2.85. The molecule has 0 spiro atoms. The zero-order chi connectivity index (χ0) is 27.3. The Morgan fingerprint density at radius 3 is 2.55 bits per heavy atom. The predicted molar refractivity (Wildman–Crippen MR) is 144 cm³/mol. The first kappa shape index (κ1) is 28.1. The summed E-state index contributed by atoms with van der Waals surface area (Å²) in [4.78, 5) is 16.9. The second-order valence-corrected chi connectivity index (χ2v) is 11.9. The van der Waals surface area contributed by atoms with Crippen LogP contribution in [0.15, 0.2) is 60.8 Å². The summed E-state index contributed by atoms with van der Waals surface area (Å²) in [5.41, 5.74) is 3.74. The summed E-state index contributed by atoms with van der Waals surface area (Å²) >= 11 is 0. The lowest BCUT2D eigenvalue weighted by Gasteiger charge is -2.42. The van der Waals surface area contributed by atoms with Crippen molar-refractivity contribution in [3.63, 3.8) is 0 Å². The summed E-state index contributed by atoms with van der Waals surface area (Å²) in [6.45, 7) is 2.04. The topological polar surface area (TPSA) is 115 Å². The van der Waals surface area contributed by atoms with Gasteiger partial charge < -0.3 is 15.7 Å². The first-order chi connectivity index (χ1) is 18.1. The van der Waals surface area contributed by atoms with Gasteiger partial charge in [-0.05, 0) is 59.4 Å². The number of aromatic nitrogens is 1.